The van der Waals surface area contributed by atoms with Crippen molar-refractivity contribution in [3.8, 4) is 0 Å². The monoisotopic (exact) mass is 253 g/mol. The molecular weight excluding hydrogens is 233 g/mol. The van der Waals surface area contributed by atoms with E-state index in [9.17, 15) is 9.18 Å². The first-order valence-corrected chi connectivity index (χ1v) is 6.05. The minimum absolute atomic E-state index is 0.00620. The van der Waals surface area contributed by atoms with Gasteiger partial charge in [0, 0.05) is 5.92 Å². The van der Waals surface area contributed by atoms with Crippen LogP contribution in [-0.2, 0) is 9.53 Å². The Hall–Kier alpha value is -1.42. The van der Waals surface area contributed by atoms with E-state index in [0.717, 1.165) is 11.1 Å². The zero-order valence-corrected chi connectivity index (χ0v) is 11.2. The number of ether oxygens (including phenoxy) is 1. The van der Waals surface area contributed by atoms with E-state index in [2.05, 4.69) is 0 Å². The SMILES string of the molecule is Cc1cc(F)ccc1[C@H](C)[C@@H](C)OC(=O)[C@H](C)N. The number of rotatable bonds is 4. The average Bonchev–Trinajstić information content (AvgIpc) is 2.27. The second-order valence-corrected chi connectivity index (χ2v) is 4.72. The van der Waals surface area contributed by atoms with Crippen LogP contribution in [0.1, 0.15) is 37.8 Å². The number of benzene rings is 1. The predicted octanol–water partition coefficient (Wildman–Crippen LogP) is 2.52. The lowest BCUT2D eigenvalue weighted by Gasteiger charge is -2.23. The second-order valence-electron chi connectivity index (χ2n) is 4.72. The average molecular weight is 253 g/mol. The number of halogens is 1. The zero-order chi connectivity index (χ0) is 13.9. The van der Waals surface area contributed by atoms with E-state index in [4.69, 9.17) is 10.5 Å². The van der Waals surface area contributed by atoms with Crippen LogP contribution in [0.4, 0.5) is 4.39 Å². The number of aryl methyl sites for hydroxylation is 1. The Labute approximate surface area is 107 Å². The van der Waals surface area contributed by atoms with Gasteiger partial charge < -0.3 is 10.5 Å². The molecule has 0 fully saturated rings. The Bertz CT molecular complexity index is 432. The van der Waals surface area contributed by atoms with Gasteiger partial charge in [-0.1, -0.05) is 13.0 Å². The molecule has 3 nitrogen and oxygen atoms in total. The largest absolute Gasteiger partial charge is 0.461 e. The summed E-state index contributed by atoms with van der Waals surface area (Å²) >= 11 is 0. The summed E-state index contributed by atoms with van der Waals surface area (Å²) < 4.78 is 18.3. The number of hydrogen-bond acceptors (Lipinski definition) is 3. The molecule has 0 saturated heterocycles. The first kappa shape index (κ1) is 14.6. The molecule has 0 heterocycles. The Kier molecular flexibility index (Phi) is 4.84. The lowest BCUT2D eigenvalue weighted by molar-refractivity contribution is -0.150. The summed E-state index contributed by atoms with van der Waals surface area (Å²) in [7, 11) is 0. The molecule has 1 aromatic carbocycles. The first-order chi connectivity index (χ1) is 8.32. The van der Waals surface area contributed by atoms with Gasteiger partial charge in [-0.15, -0.1) is 0 Å². The molecule has 0 aliphatic heterocycles. The highest BCUT2D eigenvalue weighted by atomic mass is 19.1. The molecule has 1 rings (SSSR count). The highest BCUT2D eigenvalue weighted by Gasteiger charge is 2.21. The van der Waals surface area contributed by atoms with E-state index in [-0.39, 0.29) is 17.8 Å². The number of hydrogen-bond donors (Lipinski definition) is 1. The van der Waals surface area contributed by atoms with Crippen LogP contribution in [0.3, 0.4) is 0 Å². The molecule has 0 saturated carbocycles. The maximum atomic E-state index is 13.0. The van der Waals surface area contributed by atoms with Crippen LogP contribution < -0.4 is 5.73 Å². The zero-order valence-electron chi connectivity index (χ0n) is 11.2. The Morgan fingerprint density at radius 1 is 1.33 bits per heavy atom. The molecule has 2 N–H and O–H groups in total. The second kappa shape index (κ2) is 5.96. The third-order valence-electron chi connectivity index (χ3n) is 3.10. The topological polar surface area (TPSA) is 52.3 Å². The number of carbonyl (C=O) groups is 1. The van der Waals surface area contributed by atoms with Crippen molar-refractivity contribution in [3.05, 3.63) is 35.1 Å². The van der Waals surface area contributed by atoms with Crippen LogP contribution in [0.5, 0.6) is 0 Å². The van der Waals surface area contributed by atoms with Crippen molar-refractivity contribution >= 4 is 5.97 Å². The van der Waals surface area contributed by atoms with Crippen LogP contribution in [0.15, 0.2) is 18.2 Å². The van der Waals surface area contributed by atoms with E-state index < -0.39 is 12.0 Å². The summed E-state index contributed by atoms with van der Waals surface area (Å²) in [5.41, 5.74) is 7.28. The molecule has 0 amide bonds. The third kappa shape index (κ3) is 3.53. The molecule has 0 aromatic heterocycles. The molecule has 3 atom stereocenters. The van der Waals surface area contributed by atoms with Crippen molar-refractivity contribution in [1.29, 1.82) is 0 Å². The van der Waals surface area contributed by atoms with Gasteiger partial charge in [0.25, 0.3) is 0 Å². The van der Waals surface area contributed by atoms with Crippen LogP contribution in [0.2, 0.25) is 0 Å². The molecule has 4 heteroatoms. The molecule has 0 aliphatic carbocycles. The molecule has 18 heavy (non-hydrogen) atoms. The fraction of sp³-hybridized carbons (Fsp3) is 0.500. The lowest BCUT2D eigenvalue weighted by Crippen LogP contribution is -2.33. The summed E-state index contributed by atoms with van der Waals surface area (Å²) in [5.74, 6) is -0.689. The highest BCUT2D eigenvalue weighted by Crippen LogP contribution is 2.25. The van der Waals surface area contributed by atoms with Crippen LogP contribution >= 0.6 is 0 Å². The third-order valence-corrected chi connectivity index (χ3v) is 3.10. The number of esters is 1. The minimum atomic E-state index is -0.631. The molecule has 0 radical (unpaired) electrons. The smallest absolute Gasteiger partial charge is 0.322 e. The summed E-state index contributed by atoms with van der Waals surface area (Å²) in [6.07, 6.45) is -0.298. The fourth-order valence-corrected chi connectivity index (χ4v) is 1.80. The summed E-state index contributed by atoms with van der Waals surface area (Å²) in [6, 6.07) is 3.99. The summed E-state index contributed by atoms with van der Waals surface area (Å²) in [4.78, 5) is 11.4. The first-order valence-electron chi connectivity index (χ1n) is 6.05. The van der Waals surface area contributed by atoms with Gasteiger partial charge in [0.05, 0.1) is 0 Å². The van der Waals surface area contributed by atoms with Crippen molar-refractivity contribution < 1.29 is 13.9 Å². The Morgan fingerprint density at radius 3 is 2.44 bits per heavy atom. The lowest BCUT2D eigenvalue weighted by atomic mass is 9.92. The highest BCUT2D eigenvalue weighted by molar-refractivity contribution is 5.75. The van der Waals surface area contributed by atoms with E-state index in [0.29, 0.717) is 0 Å². The van der Waals surface area contributed by atoms with E-state index in [1.807, 2.05) is 20.8 Å². The molecule has 1 aromatic rings. The number of carbonyl (C=O) groups excluding carboxylic acids is 1. The van der Waals surface area contributed by atoms with E-state index >= 15 is 0 Å². The van der Waals surface area contributed by atoms with Crippen LogP contribution in [0, 0.1) is 12.7 Å². The van der Waals surface area contributed by atoms with Gasteiger partial charge in [0.1, 0.15) is 18.0 Å². The molecule has 0 bridgehead atoms. The molecular formula is C14H20FNO2. The maximum absolute atomic E-state index is 13.0. The molecule has 100 valence electrons. The summed E-state index contributed by atoms with van der Waals surface area (Å²) in [6.45, 7) is 7.19. The van der Waals surface area contributed by atoms with Gasteiger partial charge >= 0.3 is 5.97 Å². The molecule has 0 spiro atoms. The minimum Gasteiger partial charge on any atom is -0.461 e. The molecule has 0 aliphatic rings. The fourth-order valence-electron chi connectivity index (χ4n) is 1.80. The van der Waals surface area contributed by atoms with Gasteiger partial charge in [0.2, 0.25) is 0 Å². The predicted molar refractivity (Wildman–Crippen MR) is 68.8 cm³/mol. The van der Waals surface area contributed by atoms with Crippen molar-refractivity contribution in [1.82, 2.24) is 0 Å². The maximum Gasteiger partial charge on any atom is 0.322 e. The molecule has 0 unspecified atom stereocenters. The van der Waals surface area contributed by atoms with E-state index in [1.54, 1.807) is 13.0 Å². The van der Waals surface area contributed by atoms with Crippen molar-refractivity contribution in [2.45, 2.75) is 45.8 Å². The Balaban J connectivity index is 2.80. The van der Waals surface area contributed by atoms with Gasteiger partial charge in [-0.2, -0.15) is 0 Å². The normalized spacial score (nSPS) is 15.9. The standard InChI is InChI=1S/C14H20FNO2/c1-8-7-12(15)5-6-13(8)9(2)11(4)18-14(17)10(3)16/h5-7,9-11H,16H2,1-4H3/t9-,10+,11-/m1/s1. The van der Waals surface area contributed by atoms with Gasteiger partial charge in [0.15, 0.2) is 0 Å². The number of nitrogens with two attached hydrogens (primary N) is 1. The van der Waals surface area contributed by atoms with E-state index in [1.165, 1.54) is 12.1 Å². The van der Waals surface area contributed by atoms with Gasteiger partial charge in [-0.05, 0) is 44.0 Å². The van der Waals surface area contributed by atoms with Gasteiger partial charge in [-0.25, -0.2) is 4.39 Å². The van der Waals surface area contributed by atoms with Crippen molar-refractivity contribution in [2.75, 3.05) is 0 Å². The van der Waals surface area contributed by atoms with Crippen molar-refractivity contribution in [2.24, 2.45) is 5.73 Å². The Morgan fingerprint density at radius 2 is 1.94 bits per heavy atom. The summed E-state index contributed by atoms with van der Waals surface area (Å²) in [5, 5.41) is 0. The quantitative estimate of drug-likeness (QED) is 0.839. The van der Waals surface area contributed by atoms with Crippen LogP contribution in [0.25, 0.3) is 0 Å². The van der Waals surface area contributed by atoms with Crippen molar-refractivity contribution in [3.63, 3.8) is 0 Å². The van der Waals surface area contributed by atoms with Crippen LogP contribution in [-0.4, -0.2) is 18.1 Å². The van der Waals surface area contributed by atoms with Gasteiger partial charge in [-0.3, -0.25) is 4.79 Å².